The molecule has 150 valence electrons. The summed E-state index contributed by atoms with van der Waals surface area (Å²) in [6.07, 6.45) is 1.24. The van der Waals surface area contributed by atoms with Crippen molar-refractivity contribution >= 4 is 22.4 Å². The Hall–Kier alpha value is -4.07. The molecule has 0 fully saturated rings. The van der Waals surface area contributed by atoms with E-state index in [1.54, 1.807) is 12.1 Å². The number of fused-ring (bicyclic) bond motifs is 1. The van der Waals surface area contributed by atoms with Gasteiger partial charge in [0.1, 0.15) is 11.8 Å². The minimum atomic E-state index is -0.542. The summed E-state index contributed by atoms with van der Waals surface area (Å²) >= 11 is 0. The summed E-state index contributed by atoms with van der Waals surface area (Å²) in [5.74, 6) is 0.333. The molecule has 1 N–H and O–H groups in total. The minimum Gasteiger partial charge on any atom is -0.431 e. The first kappa shape index (κ1) is 19.3. The van der Waals surface area contributed by atoms with Crippen LogP contribution in [0.1, 0.15) is 24.2 Å². The first-order valence-electron chi connectivity index (χ1n) is 9.38. The lowest BCUT2D eigenvalue weighted by atomic mass is 10.1. The highest BCUT2D eigenvalue weighted by Gasteiger charge is 2.26. The van der Waals surface area contributed by atoms with Gasteiger partial charge in [-0.1, -0.05) is 48.5 Å². The second-order valence-corrected chi connectivity index (χ2v) is 6.79. The fourth-order valence-electron chi connectivity index (χ4n) is 3.14. The molecule has 4 rings (SSSR count). The Morgan fingerprint density at radius 3 is 2.60 bits per heavy atom. The highest BCUT2D eigenvalue weighted by atomic mass is 16.6. The lowest BCUT2D eigenvalue weighted by molar-refractivity contribution is -0.385. The number of hydrogen-bond donors (Lipinski definition) is 1. The number of pyridine rings is 1. The van der Waals surface area contributed by atoms with E-state index >= 15 is 0 Å². The van der Waals surface area contributed by atoms with Gasteiger partial charge < -0.3 is 10.1 Å². The van der Waals surface area contributed by atoms with E-state index in [4.69, 9.17) is 4.74 Å². The number of para-hydroxylation sites is 1. The van der Waals surface area contributed by atoms with Gasteiger partial charge in [-0.3, -0.25) is 10.1 Å². The van der Waals surface area contributed by atoms with Crippen LogP contribution in [0.3, 0.4) is 0 Å². The number of nitro groups is 1. The summed E-state index contributed by atoms with van der Waals surface area (Å²) < 4.78 is 5.87. The Balaban J connectivity index is 1.72. The molecule has 0 aliphatic heterocycles. The van der Waals surface area contributed by atoms with Crippen LogP contribution in [0.25, 0.3) is 10.9 Å². The zero-order chi connectivity index (χ0) is 21.1. The zero-order valence-electron chi connectivity index (χ0n) is 16.4. The van der Waals surface area contributed by atoms with Crippen LogP contribution in [-0.2, 0) is 0 Å². The first-order valence-corrected chi connectivity index (χ1v) is 9.38. The fraction of sp³-hybridized carbons (Fsp3) is 0.136. The number of hydrogen-bond acceptors (Lipinski definition) is 7. The van der Waals surface area contributed by atoms with Crippen LogP contribution in [0.2, 0.25) is 0 Å². The Morgan fingerprint density at radius 2 is 1.83 bits per heavy atom. The molecule has 2 aromatic heterocycles. The molecule has 0 aliphatic rings. The molecule has 8 nitrogen and oxygen atoms in total. The van der Waals surface area contributed by atoms with Gasteiger partial charge in [-0.15, -0.1) is 0 Å². The smallest absolute Gasteiger partial charge is 0.373 e. The van der Waals surface area contributed by atoms with Gasteiger partial charge in [-0.25, -0.2) is 9.97 Å². The molecule has 0 aliphatic carbocycles. The largest absolute Gasteiger partial charge is 0.431 e. The fourth-order valence-corrected chi connectivity index (χ4v) is 3.14. The topological polar surface area (TPSA) is 103 Å². The van der Waals surface area contributed by atoms with E-state index in [1.807, 2.05) is 62.4 Å². The van der Waals surface area contributed by atoms with Gasteiger partial charge >= 0.3 is 11.6 Å². The predicted octanol–water partition coefficient (Wildman–Crippen LogP) is 5.21. The molecule has 0 bridgehead atoms. The van der Waals surface area contributed by atoms with Crippen LogP contribution in [0.5, 0.6) is 11.6 Å². The molecule has 0 spiro atoms. The van der Waals surface area contributed by atoms with Crippen LogP contribution in [0.4, 0.5) is 11.5 Å². The Labute approximate surface area is 172 Å². The zero-order valence-corrected chi connectivity index (χ0v) is 16.4. The Bertz CT molecular complexity index is 1210. The maximum atomic E-state index is 11.9. The molecular formula is C22H19N5O3. The lowest BCUT2D eigenvalue weighted by Gasteiger charge is -2.15. The minimum absolute atomic E-state index is 0.0886. The Kier molecular flexibility index (Phi) is 5.21. The van der Waals surface area contributed by atoms with Crippen molar-refractivity contribution in [3.05, 3.63) is 88.4 Å². The van der Waals surface area contributed by atoms with Crippen LogP contribution < -0.4 is 10.1 Å². The molecule has 30 heavy (non-hydrogen) atoms. The monoisotopic (exact) mass is 401 g/mol. The van der Waals surface area contributed by atoms with Crippen LogP contribution >= 0.6 is 0 Å². The summed E-state index contributed by atoms with van der Waals surface area (Å²) in [6.45, 7) is 3.77. The number of nitrogens with one attached hydrogen (secondary N) is 1. The molecule has 0 saturated carbocycles. The Morgan fingerprint density at radius 1 is 1.03 bits per heavy atom. The van der Waals surface area contributed by atoms with Crippen molar-refractivity contribution in [2.75, 3.05) is 5.32 Å². The molecule has 2 heterocycles. The SMILES string of the molecule is Cc1ccc2cccc(Oc3ncnc(NC(C)c4ccccc4)c3[N+](=O)[O-])c2n1. The number of ether oxygens (including phenoxy) is 1. The van der Waals surface area contributed by atoms with Crippen molar-refractivity contribution in [1.29, 1.82) is 0 Å². The van der Waals surface area contributed by atoms with Gasteiger partial charge in [0.05, 0.1) is 11.0 Å². The number of benzene rings is 2. The van der Waals surface area contributed by atoms with Gasteiger partial charge in [0.2, 0.25) is 5.82 Å². The van der Waals surface area contributed by atoms with Gasteiger partial charge in [0.15, 0.2) is 5.75 Å². The number of anilines is 1. The second kappa shape index (κ2) is 8.12. The first-order chi connectivity index (χ1) is 14.5. The van der Waals surface area contributed by atoms with Crippen molar-refractivity contribution < 1.29 is 9.66 Å². The molecule has 1 unspecified atom stereocenters. The van der Waals surface area contributed by atoms with E-state index in [9.17, 15) is 10.1 Å². The maximum absolute atomic E-state index is 11.9. The molecule has 4 aromatic rings. The van der Waals surface area contributed by atoms with Gasteiger partial charge in [-0.2, -0.15) is 4.98 Å². The summed E-state index contributed by atoms with van der Waals surface area (Å²) in [5, 5.41) is 15.8. The molecule has 8 heteroatoms. The van der Waals surface area contributed by atoms with Crippen LogP contribution in [0.15, 0.2) is 67.0 Å². The molecule has 0 radical (unpaired) electrons. The van der Waals surface area contributed by atoms with E-state index in [-0.39, 0.29) is 23.4 Å². The van der Waals surface area contributed by atoms with Crippen molar-refractivity contribution in [2.24, 2.45) is 0 Å². The molecule has 0 saturated heterocycles. The summed E-state index contributed by atoms with van der Waals surface area (Å²) in [4.78, 5) is 23.9. The van der Waals surface area contributed by atoms with Gasteiger partial charge in [0, 0.05) is 11.1 Å². The van der Waals surface area contributed by atoms with E-state index < -0.39 is 4.92 Å². The molecule has 2 aromatic carbocycles. The van der Waals surface area contributed by atoms with Gasteiger partial charge in [-0.05, 0) is 31.5 Å². The molecular weight excluding hydrogens is 382 g/mol. The number of nitrogens with zero attached hydrogens (tertiary/aromatic N) is 4. The predicted molar refractivity (Wildman–Crippen MR) is 114 cm³/mol. The third-order valence-electron chi connectivity index (χ3n) is 4.65. The summed E-state index contributed by atoms with van der Waals surface area (Å²) in [7, 11) is 0. The van der Waals surface area contributed by atoms with E-state index in [0.29, 0.717) is 11.3 Å². The third-order valence-corrected chi connectivity index (χ3v) is 4.65. The average Bonchev–Trinajstić information content (AvgIpc) is 2.74. The highest BCUT2D eigenvalue weighted by molar-refractivity contribution is 5.85. The van der Waals surface area contributed by atoms with E-state index in [0.717, 1.165) is 16.6 Å². The van der Waals surface area contributed by atoms with Crippen molar-refractivity contribution in [3.8, 4) is 11.6 Å². The van der Waals surface area contributed by atoms with Crippen LogP contribution in [0, 0.1) is 17.0 Å². The third kappa shape index (κ3) is 3.88. The number of rotatable bonds is 6. The summed E-state index contributed by atoms with van der Waals surface area (Å²) in [6, 6.07) is 18.6. The van der Waals surface area contributed by atoms with Crippen molar-refractivity contribution in [2.45, 2.75) is 19.9 Å². The second-order valence-electron chi connectivity index (χ2n) is 6.79. The van der Waals surface area contributed by atoms with E-state index in [1.165, 1.54) is 6.33 Å². The van der Waals surface area contributed by atoms with Crippen molar-refractivity contribution in [1.82, 2.24) is 15.0 Å². The standard InChI is InChI=1S/C22H19N5O3/c1-14-11-12-17-9-6-10-18(19(17)25-14)30-22-20(27(28)29)21(23-13-24-22)26-15(2)16-7-4-3-5-8-16/h3-13,15H,1-2H3,(H,23,24,26). The summed E-state index contributed by atoms with van der Waals surface area (Å²) in [5.41, 5.74) is 2.07. The van der Waals surface area contributed by atoms with Gasteiger partial charge in [0.25, 0.3) is 0 Å². The number of aromatic nitrogens is 3. The average molecular weight is 401 g/mol. The molecule has 0 amide bonds. The van der Waals surface area contributed by atoms with Crippen LogP contribution in [-0.4, -0.2) is 19.9 Å². The maximum Gasteiger partial charge on any atom is 0.373 e. The quantitative estimate of drug-likeness (QED) is 0.349. The van der Waals surface area contributed by atoms with E-state index in [2.05, 4.69) is 20.3 Å². The number of aryl methyl sites for hydroxylation is 1. The highest BCUT2D eigenvalue weighted by Crippen LogP contribution is 2.37. The molecule has 1 atom stereocenters. The van der Waals surface area contributed by atoms with Crippen molar-refractivity contribution in [3.63, 3.8) is 0 Å². The normalized spacial score (nSPS) is 11.8. The lowest BCUT2D eigenvalue weighted by Crippen LogP contribution is -2.11.